The van der Waals surface area contributed by atoms with Gasteiger partial charge in [-0.3, -0.25) is 4.98 Å². The Kier molecular flexibility index (Phi) is 6.53. The van der Waals surface area contributed by atoms with Gasteiger partial charge in [0.1, 0.15) is 5.82 Å². The van der Waals surface area contributed by atoms with Crippen LogP contribution in [0.3, 0.4) is 0 Å². The number of rotatable bonds is 7. The van der Waals surface area contributed by atoms with Crippen molar-refractivity contribution in [2.24, 2.45) is 11.3 Å². The molecule has 4 heterocycles. The quantitative estimate of drug-likeness (QED) is 0.436. The number of pyridine rings is 1. The van der Waals surface area contributed by atoms with Crippen LogP contribution >= 0.6 is 0 Å². The molecule has 2 aromatic carbocycles. The highest BCUT2D eigenvalue weighted by Gasteiger charge is 2.52. The predicted molar refractivity (Wildman–Crippen MR) is 143 cm³/mol. The van der Waals surface area contributed by atoms with Crippen LogP contribution in [0.4, 0.5) is 10.1 Å². The number of benzene rings is 2. The number of aromatic nitrogens is 1. The minimum absolute atomic E-state index is 0.189. The summed E-state index contributed by atoms with van der Waals surface area (Å²) in [5, 5.41) is 0. The largest absolute Gasteiger partial charge is 0.381 e. The van der Waals surface area contributed by atoms with Crippen molar-refractivity contribution in [3.8, 4) is 11.1 Å². The van der Waals surface area contributed by atoms with Gasteiger partial charge >= 0.3 is 0 Å². The third-order valence-corrected chi connectivity index (χ3v) is 8.39. The molecule has 4 nitrogen and oxygen atoms in total. The lowest BCUT2D eigenvalue weighted by atomic mass is 9.72. The predicted octanol–water partition coefficient (Wildman–Crippen LogP) is 5.59. The molecular weight excluding hydrogens is 449 g/mol. The fraction of sp³-hybridized carbons (Fsp3) is 0.452. The first kappa shape index (κ1) is 23.6. The third-order valence-electron chi connectivity index (χ3n) is 8.39. The molecule has 0 saturated carbocycles. The van der Waals surface area contributed by atoms with Crippen molar-refractivity contribution < 1.29 is 9.13 Å². The minimum Gasteiger partial charge on any atom is -0.381 e. The van der Waals surface area contributed by atoms with Gasteiger partial charge in [-0.15, -0.1) is 0 Å². The minimum atomic E-state index is -0.189. The Labute approximate surface area is 214 Å². The van der Waals surface area contributed by atoms with Crippen LogP contribution in [0.15, 0.2) is 60.9 Å². The van der Waals surface area contributed by atoms with Crippen molar-refractivity contribution in [2.75, 3.05) is 50.8 Å². The second kappa shape index (κ2) is 9.95. The average Bonchev–Trinajstić information content (AvgIpc) is 2.87. The number of hydrogen-bond donors (Lipinski definition) is 0. The van der Waals surface area contributed by atoms with E-state index < -0.39 is 0 Å². The number of hydrogen-bond acceptors (Lipinski definition) is 4. The maximum Gasteiger partial charge on any atom is 0.123 e. The molecule has 0 unspecified atom stereocenters. The first-order valence-electron chi connectivity index (χ1n) is 13.5. The normalized spacial score (nSPS) is 19.8. The van der Waals surface area contributed by atoms with Gasteiger partial charge in [0.25, 0.3) is 0 Å². The van der Waals surface area contributed by atoms with E-state index in [4.69, 9.17) is 4.74 Å². The van der Waals surface area contributed by atoms with Crippen LogP contribution in [0.25, 0.3) is 11.1 Å². The summed E-state index contributed by atoms with van der Waals surface area (Å²) in [6.07, 6.45) is 7.99. The monoisotopic (exact) mass is 485 g/mol. The van der Waals surface area contributed by atoms with Crippen LogP contribution in [0.2, 0.25) is 0 Å². The number of anilines is 1. The molecule has 0 N–H and O–H groups in total. The number of ether oxygens (including phenoxy) is 1. The van der Waals surface area contributed by atoms with Crippen molar-refractivity contribution in [3.05, 3.63) is 83.4 Å². The number of aryl methyl sites for hydroxylation is 1. The Morgan fingerprint density at radius 1 is 0.944 bits per heavy atom. The molecule has 5 heteroatoms. The Hall–Kier alpha value is -2.76. The summed E-state index contributed by atoms with van der Waals surface area (Å²) < 4.78 is 19.9. The van der Waals surface area contributed by atoms with Crippen molar-refractivity contribution in [1.29, 1.82) is 0 Å². The molecule has 3 aliphatic heterocycles. The van der Waals surface area contributed by atoms with Gasteiger partial charge < -0.3 is 14.5 Å². The fourth-order valence-corrected chi connectivity index (χ4v) is 6.57. The fourth-order valence-electron chi connectivity index (χ4n) is 6.57. The highest BCUT2D eigenvalue weighted by Crippen LogP contribution is 2.43. The first-order valence-corrected chi connectivity index (χ1v) is 13.5. The van der Waals surface area contributed by atoms with Crippen LogP contribution < -0.4 is 4.90 Å². The van der Waals surface area contributed by atoms with Gasteiger partial charge in [0.15, 0.2) is 0 Å². The Bertz CT molecular complexity index is 1210. The van der Waals surface area contributed by atoms with E-state index in [-0.39, 0.29) is 5.82 Å². The summed E-state index contributed by atoms with van der Waals surface area (Å²) in [6, 6.07) is 15.7. The van der Waals surface area contributed by atoms with E-state index in [1.807, 2.05) is 24.5 Å². The summed E-state index contributed by atoms with van der Waals surface area (Å²) in [4.78, 5) is 9.63. The maximum atomic E-state index is 14.4. The van der Waals surface area contributed by atoms with Crippen molar-refractivity contribution in [1.82, 2.24) is 9.88 Å². The molecule has 3 fully saturated rings. The Balaban J connectivity index is 1.16. The van der Waals surface area contributed by atoms with Gasteiger partial charge in [-0.25, -0.2) is 4.39 Å². The van der Waals surface area contributed by atoms with E-state index in [9.17, 15) is 4.39 Å². The van der Waals surface area contributed by atoms with Gasteiger partial charge in [0.05, 0.1) is 0 Å². The van der Waals surface area contributed by atoms with E-state index in [1.165, 1.54) is 49.3 Å². The lowest BCUT2D eigenvalue weighted by Crippen LogP contribution is -2.72. The Morgan fingerprint density at radius 2 is 1.75 bits per heavy atom. The SMILES string of the molecule is CCc1ccccc1-c1cc(F)ccc1Cc1cnccc1N1CC2(CN(CC3CCOCC3)C2)C1. The summed E-state index contributed by atoms with van der Waals surface area (Å²) in [7, 11) is 0. The number of likely N-dealkylation sites (tertiary alicyclic amines) is 1. The van der Waals surface area contributed by atoms with Crippen molar-refractivity contribution in [3.63, 3.8) is 0 Å². The smallest absolute Gasteiger partial charge is 0.123 e. The van der Waals surface area contributed by atoms with Crippen LogP contribution in [0.5, 0.6) is 0 Å². The van der Waals surface area contributed by atoms with Crippen LogP contribution in [-0.4, -0.2) is 55.8 Å². The zero-order valence-corrected chi connectivity index (χ0v) is 21.3. The zero-order valence-electron chi connectivity index (χ0n) is 21.3. The summed E-state index contributed by atoms with van der Waals surface area (Å²) in [6.45, 7) is 9.92. The summed E-state index contributed by atoms with van der Waals surface area (Å²) >= 11 is 0. The molecule has 0 aliphatic carbocycles. The highest BCUT2D eigenvalue weighted by atomic mass is 19.1. The van der Waals surface area contributed by atoms with Crippen LogP contribution in [-0.2, 0) is 17.6 Å². The topological polar surface area (TPSA) is 28.6 Å². The van der Waals surface area contributed by atoms with E-state index in [1.54, 1.807) is 12.1 Å². The molecule has 0 atom stereocenters. The van der Waals surface area contributed by atoms with Gasteiger partial charge in [0.2, 0.25) is 0 Å². The second-order valence-electron chi connectivity index (χ2n) is 11.1. The van der Waals surface area contributed by atoms with Gasteiger partial charge in [-0.2, -0.15) is 0 Å². The number of nitrogens with zero attached hydrogens (tertiary/aromatic N) is 3. The van der Waals surface area contributed by atoms with E-state index in [0.29, 0.717) is 5.41 Å². The first-order chi connectivity index (χ1) is 17.6. The van der Waals surface area contributed by atoms with Crippen molar-refractivity contribution >= 4 is 5.69 Å². The van der Waals surface area contributed by atoms with Gasteiger partial charge in [-0.1, -0.05) is 37.3 Å². The van der Waals surface area contributed by atoms with Crippen LogP contribution in [0, 0.1) is 17.2 Å². The van der Waals surface area contributed by atoms with Gasteiger partial charge in [0, 0.05) is 75.9 Å². The highest BCUT2D eigenvalue weighted by molar-refractivity contribution is 5.72. The molecule has 3 aliphatic rings. The molecule has 0 amide bonds. The van der Waals surface area contributed by atoms with E-state index in [2.05, 4.69) is 46.0 Å². The third kappa shape index (κ3) is 4.67. The molecule has 3 aromatic rings. The lowest BCUT2D eigenvalue weighted by molar-refractivity contribution is -0.0427. The molecular formula is C31H36FN3O. The molecule has 1 aromatic heterocycles. The standard InChI is InChI=1S/C31H36FN3O/c1-2-24-5-3-4-6-28(24)29-16-27(32)8-7-25(29)15-26-17-33-12-9-30(26)35-21-31(22-35)19-34(20-31)18-23-10-13-36-14-11-23/h3-9,12,16-17,23H,2,10-11,13-15,18-22H2,1H3. The molecule has 0 bridgehead atoms. The molecule has 0 radical (unpaired) electrons. The maximum absolute atomic E-state index is 14.4. The summed E-state index contributed by atoms with van der Waals surface area (Å²) in [5.41, 5.74) is 7.45. The van der Waals surface area contributed by atoms with Crippen molar-refractivity contribution in [2.45, 2.75) is 32.6 Å². The van der Waals surface area contributed by atoms with Gasteiger partial charge in [-0.05, 0) is 71.2 Å². The Morgan fingerprint density at radius 3 is 2.56 bits per heavy atom. The summed E-state index contributed by atoms with van der Waals surface area (Å²) in [5.74, 6) is 0.618. The molecule has 36 heavy (non-hydrogen) atoms. The van der Waals surface area contributed by atoms with E-state index >= 15 is 0 Å². The average molecular weight is 486 g/mol. The second-order valence-corrected chi connectivity index (χ2v) is 11.1. The molecule has 6 rings (SSSR count). The lowest BCUT2D eigenvalue weighted by Gasteiger charge is -2.62. The molecule has 188 valence electrons. The molecule has 3 saturated heterocycles. The van der Waals surface area contributed by atoms with E-state index in [0.717, 1.165) is 61.8 Å². The number of halogens is 1. The van der Waals surface area contributed by atoms with Crippen LogP contribution in [0.1, 0.15) is 36.5 Å². The molecule has 1 spiro atoms. The zero-order chi connectivity index (χ0) is 24.5.